The van der Waals surface area contributed by atoms with Crippen LogP contribution < -0.4 is 10.2 Å². The zero-order chi connectivity index (χ0) is 12.3. The molecule has 1 N–H and O–H groups in total. The van der Waals surface area contributed by atoms with Gasteiger partial charge in [-0.2, -0.15) is 0 Å². The van der Waals surface area contributed by atoms with E-state index in [0.717, 1.165) is 11.5 Å². The highest BCUT2D eigenvalue weighted by Crippen LogP contribution is 2.23. The first kappa shape index (κ1) is 11.9. The summed E-state index contributed by atoms with van der Waals surface area (Å²) in [6.45, 7) is 2.16. The third-order valence-corrected chi connectivity index (χ3v) is 3.61. The summed E-state index contributed by atoms with van der Waals surface area (Å²) >= 11 is 1.77. The van der Waals surface area contributed by atoms with Crippen molar-refractivity contribution < 1.29 is 0 Å². The zero-order valence-electron chi connectivity index (χ0n) is 10.3. The van der Waals surface area contributed by atoms with Crippen LogP contribution in [0.2, 0.25) is 0 Å². The number of nitrogens with zero attached hydrogens (tertiary/aromatic N) is 2. The first-order valence-electron chi connectivity index (χ1n) is 5.60. The van der Waals surface area contributed by atoms with Gasteiger partial charge in [0.05, 0.1) is 17.9 Å². The highest BCUT2D eigenvalue weighted by molar-refractivity contribution is 7.10. The van der Waals surface area contributed by atoms with Crippen LogP contribution in [0.3, 0.4) is 0 Å². The van der Waals surface area contributed by atoms with Crippen molar-refractivity contribution >= 4 is 22.8 Å². The summed E-state index contributed by atoms with van der Waals surface area (Å²) in [6, 6.07) is 8.62. The third kappa shape index (κ3) is 2.97. The Morgan fingerprint density at radius 3 is 2.65 bits per heavy atom. The summed E-state index contributed by atoms with van der Waals surface area (Å²) in [6.07, 6.45) is 1.87. The molecular weight excluding hydrogens is 230 g/mol. The maximum absolute atomic E-state index is 4.38. The van der Waals surface area contributed by atoms with Crippen LogP contribution in [0, 0.1) is 0 Å². The lowest BCUT2D eigenvalue weighted by Gasteiger charge is -2.15. The van der Waals surface area contributed by atoms with Gasteiger partial charge in [0.15, 0.2) is 0 Å². The first-order valence-corrected chi connectivity index (χ1v) is 6.48. The molecule has 4 heteroatoms. The quantitative estimate of drug-likeness (QED) is 0.897. The molecule has 1 unspecified atom stereocenters. The smallest absolute Gasteiger partial charge is 0.128 e. The van der Waals surface area contributed by atoms with Crippen LogP contribution in [0.5, 0.6) is 0 Å². The van der Waals surface area contributed by atoms with Gasteiger partial charge in [0.25, 0.3) is 0 Å². The molecule has 2 aromatic heterocycles. The van der Waals surface area contributed by atoms with Gasteiger partial charge in [0.2, 0.25) is 0 Å². The van der Waals surface area contributed by atoms with E-state index in [1.807, 2.05) is 31.3 Å². The van der Waals surface area contributed by atoms with Gasteiger partial charge >= 0.3 is 0 Å². The summed E-state index contributed by atoms with van der Waals surface area (Å²) in [7, 11) is 3.98. The molecule has 0 aliphatic carbocycles. The largest absolute Gasteiger partial charge is 0.376 e. The molecule has 1 atom stereocenters. The molecule has 2 heterocycles. The van der Waals surface area contributed by atoms with E-state index in [2.05, 4.69) is 40.8 Å². The van der Waals surface area contributed by atoms with Crippen LogP contribution in [0.1, 0.15) is 17.8 Å². The molecule has 17 heavy (non-hydrogen) atoms. The van der Waals surface area contributed by atoms with Crippen LogP contribution in [-0.2, 0) is 0 Å². The molecule has 0 aliphatic rings. The number of rotatable bonds is 4. The van der Waals surface area contributed by atoms with Crippen LogP contribution in [0.25, 0.3) is 0 Å². The molecule has 0 spiro atoms. The molecule has 3 nitrogen and oxygen atoms in total. The molecule has 0 radical (unpaired) electrons. The number of thiophene rings is 1. The minimum absolute atomic E-state index is 0.321. The molecule has 0 fully saturated rings. The summed E-state index contributed by atoms with van der Waals surface area (Å²) in [5, 5.41) is 5.54. The molecule has 0 saturated carbocycles. The second-order valence-corrected chi connectivity index (χ2v) is 5.16. The predicted molar refractivity (Wildman–Crippen MR) is 74.9 cm³/mol. The Bertz CT molecular complexity index is 448. The minimum atomic E-state index is 0.321. The van der Waals surface area contributed by atoms with Gasteiger partial charge < -0.3 is 10.2 Å². The molecule has 0 bridgehead atoms. The molecule has 0 saturated heterocycles. The average Bonchev–Trinajstić information content (AvgIpc) is 2.83. The van der Waals surface area contributed by atoms with Gasteiger partial charge in [-0.15, -0.1) is 11.3 Å². The van der Waals surface area contributed by atoms with E-state index < -0.39 is 0 Å². The maximum Gasteiger partial charge on any atom is 0.128 e. The molecule has 2 aromatic rings. The van der Waals surface area contributed by atoms with Crippen molar-refractivity contribution in [3.63, 3.8) is 0 Å². The molecule has 0 amide bonds. The average molecular weight is 247 g/mol. The first-order chi connectivity index (χ1) is 8.16. The number of nitrogens with one attached hydrogen (secondary N) is 1. The Balaban J connectivity index is 2.04. The maximum atomic E-state index is 4.38. The minimum Gasteiger partial charge on any atom is -0.376 e. The fourth-order valence-electron chi connectivity index (χ4n) is 1.59. The number of hydrogen-bond donors (Lipinski definition) is 1. The van der Waals surface area contributed by atoms with Gasteiger partial charge in [-0.1, -0.05) is 6.07 Å². The standard InChI is InChI=1S/C13H17N3S/c1-10(12-5-4-8-17-12)15-11-6-7-13(14-9-11)16(2)3/h4-10,15H,1-3H3. The summed E-state index contributed by atoms with van der Waals surface area (Å²) < 4.78 is 0. The van der Waals surface area contributed by atoms with Crippen molar-refractivity contribution in [1.82, 2.24) is 4.98 Å². The monoisotopic (exact) mass is 247 g/mol. The van der Waals surface area contributed by atoms with Gasteiger partial charge in [-0.25, -0.2) is 4.98 Å². The molecule has 2 rings (SSSR count). The van der Waals surface area contributed by atoms with Crippen LogP contribution in [-0.4, -0.2) is 19.1 Å². The fourth-order valence-corrected chi connectivity index (χ4v) is 2.33. The van der Waals surface area contributed by atoms with E-state index >= 15 is 0 Å². The van der Waals surface area contributed by atoms with Crippen molar-refractivity contribution in [2.45, 2.75) is 13.0 Å². The molecular formula is C13H17N3S. The van der Waals surface area contributed by atoms with Crippen molar-refractivity contribution in [3.8, 4) is 0 Å². The van der Waals surface area contributed by atoms with Crippen LogP contribution >= 0.6 is 11.3 Å². The van der Waals surface area contributed by atoms with Gasteiger partial charge in [-0.05, 0) is 30.5 Å². The van der Waals surface area contributed by atoms with Crippen LogP contribution in [0.4, 0.5) is 11.5 Å². The van der Waals surface area contributed by atoms with Gasteiger partial charge in [0.1, 0.15) is 5.82 Å². The predicted octanol–water partition coefficient (Wildman–Crippen LogP) is 3.38. The highest BCUT2D eigenvalue weighted by atomic mass is 32.1. The normalized spacial score (nSPS) is 12.2. The second-order valence-electron chi connectivity index (χ2n) is 4.18. The number of aromatic nitrogens is 1. The van der Waals surface area contributed by atoms with Crippen molar-refractivity contribution in [3.05, 3.63) is 40.7 Å². The summed E-state index contributed by atoms with van der Waals surface area (Å²) in [4.78, 5) is 7.71. The Kier molecular flexibility index (Phi) is 3.64. The van der Waals surface area contributed by atoms with Crippen molar-refractivity contribution in [2.75, 3.05) is 24.3 Å². The van der Waals surface area contributed by atoms with E-state index in [1.54, 1.807) is 11.3 Å². The van der Waals surface area contributed by atoms with E-state index in [9.17, 15) is 0 Å². The van der Waals surface area contributed by atoms with Crippen molar-refractivity contribution in [1.29, 1.82) is 0 Å². The van der Waals surface area contributed by atoms with E-state index in [0.29, 0.717) is 6.04 Å². The van der Waals surface area contributed by atoms with Gasteiger partial charge in [-0.3, -0.25) is 0 Å². The lowest BCUT2D eigenvalue weighted by molar-refractivity contribution is 0.905. The zero-order valence-corrected chi connectivity index (χ0v) is 11.2. The topological polar surface area (TPSA) is 28.2 Å². The Morgan fingerprint density at radius 1 is 1.29 bits per heavy atom. The second kappa shape index (κ2) is 5.19. The van der Waals surface area contributed by atoms with Crippen LogP contribution in [0.15, 0.2) is 35.8 Å². The fraction of sp³-hybridized carbons (Fsp3) is 0.308. The van der Waals surface area contributed by atoms with Crippen molar-refractivity contribution in [2.24, 2.45) is 0 Å². The van der Waals surface area contributed by atoms with E-state index in [1.165, 1.54) is 4.88 Å². The number of anilines is 2. The lowest BCUT2D eigenvalue weighted by Crippen LogP contribution is -2.11. The number of pyridine rings is 1. The lowest BCUT2D eigenvalue weighted by atomic mass is 10.2. The molecule has 0 aromatic carbocycles. The SMILES string of the molecule is CC(Nc1ccc(N(C)C)nc1)c1cccs1. The Morgan fingerprint density at radius 2 is 2.12 bits per heavy atom. The Labute approximate surface area is 106 Å². The molecule has 90 valence electrons. The summed E-state index contributed by atoms with van der Waals surface area (Å²) in [5.74, 6) is 0.972. The number of hydrogen-bond acceptors (Lipinski definition) is 4. The van der Waals surface area contributed by atoms with Gasteiger partial charge in [0, 0.05) is 19.0 Å². The highest BCUT2D eigenvalue weighted by Gasteiger charge is 2.06. The van der Waals surface area contributed by atoms with E-state index in [-0.39, 0.29) is 0 Å². The van der Waals surface area contributed by atoms with E-state index in [4.69, 9.17) is 0 Å². The third-order valence-electron chi connectivity index (χ3n) is 2.56. The Hall–Kier alpha value is -1.55. The molecule has 0 aliphatic heterocycles. The summed E-state index contributed by atoms with van der Waals surface area (Å²) in [5.41, 5.74) is 1.05.